The van der Waals surface area contributed by atoms with Gasteiger partial charge in [-0.05, 0) is 35.9 Å². The molecule has 0 aliphatic carbocycles. The van der Waals surface area contributed by atoms with Gasteiger partial charge in [0.25, 0.3) is 11.6 Å². The summed E-state index contributed by atoms with van der Waals surface area (Å²) < 4.78 is 6.62. The largest absolute Gasteiger partial charge is 0.451 e. The molecular weight excluding hydrogens is 506 g/mol. The van der Waals surface area contributed by atoms with Crippen molar-refractivity contribution < 1.29 is 14.1 Å². The maximum absolute atomic E-state index is 12.5. The van der Waals surface area contributed by atoms with Crippen LogP contribution in [0.3, 0.4) is 0 Å². The molecule has 0 fully saturated rings. The molecule has 0 radical (unpaired) electrons. The summed E-state index contributed by atoms with van der Waals surface area (Å²) in [5.74, 6) is -0.0389. The lowest BCUT2D eigenvalue weighted by Gasteiger charge is -2.01. The summed E-state index contributed by atoms with van der Waals surface area (Å²) in [5.41, 5.74) is 1.47. The van der Waals surface area contributed by atoms with Gasteiger partial charge in [0, 0.05) is 39.7 Å². The Bertz CT molecular complexity index is 1270. The first-order chi connectivity index (χ1) is 14.9. The number of rotatable bonds is 6. The van der Waals surface area contributed by atoms with E-state index in [1.54, 1.807) is 12.3 Å². The van der Waals surface area contributed by atoms with E-state index in [0.717, 1.165) is 14.9 Å². The van der Waals surface area contributed by atoms with Crippen molar-refractivity contribution in [3.8, 4) is 11.3 Å². The molecule has 0 atom stereocenters. The first kappa shape index (κ1) is 21.2. The number of carbonyl (C=O) groups is 1. The van der Waals surface area contributed by atoms with Crippen molar-refractivity contribution in [1.82, 2.24) is 4.98 Å². The second-order valence-corrected chi connectivity index (χ2v) is 8.91. The van der Waals surface area contributed by atoms with Gasteiger partial charge in [0.1, 0.15) is 5.76 Å². The third-order valence-corrected chi connectivity index (χ3v) is 6.08. The maximum atomic E-state index is 12.5. The molecule has 10 heteroatoms. The van der Waals surface area contributed by atoms with Crippen LogP contribution in [0, 0.1) is 10.1 Å². The van der Waals surface area contributed by atoms with Crippen LogP contribution in [0.5, 0.6) is 0 Å². The average Bonchev–Trinajstić information content (AvgIpc) is 3.39. The highest BCUT2D eigenvalue weighted by atomic mass is 79.9. The zero-order chi connectivity index (χ0) is 22.0. The minimum absolute atomic E-state index is 0.0779. The quantitative estimate of drug-likeness (QED) is 0.230. The Hall–Kier alpha value is -3.01. The highest BCUT2D eigenvalue weighted by molar-refractivity contribution is 9.10. The van der Waals surface area contributed by atoms with Gasteiger partial charge in [-0.25, -0.2) is 4.98 Å². The van der Waals surface area contributed by atoms with Crippen molar-refractivity contribution in [2.75, 3.05) is 5.32 Å². The highest BCUT2D eigenvalue weighted by Crippen LogP contribution is 2.32. The zero-order valence-corrected chi connectivity index (χ0v) is 18.8. The number of aromatic nitrogens is 1. The molecule has 4 aromatic rings. The van der Waals surface area contributed by atoms with Crippen molar-refractivity contribution >= 4 is 55.6 Å². The van der Waals surface area contributed by atoms with Gasteiger partial charge in [0.2, 0.25) is 0 Å². The van der Waals surface area contributed by atoms with E-state index >= 15 is 0 Å². The second kappa shape index (κ2) is 9.01. The molecule has 0 unspecified atom stereocenters. The molecule has 31 heavy (non-hydrogen) atoms. The normalized spacial score (nSPS) is 10.8. The molecular formula is C21H13BrClN3O4S. The maximum Gasteiger partial charge on any atom is 0.293 e. The summed E-state index contributed by atoms with van der Waals surface area (Å²) in [6.07, 6.45) is 2.44. The summed E-state index contributed by atoms with van der Waals surface area (Å²) >= 11 is 10.9. The van der Waals surface area contributed by atoms with Gasteiger partial charge in [-0.1, -0.05) is 39.7 Å². The standard InChI is InChI=1S/C21H13BrClN3O4S/c22-13-3-1-12(2-4-13)9-15-11-24-21(31-15)25-20(27)19-8-7-18(30-19)16-6-5-14(26(28)29)10-17(16)23/h1-8,10-11H,9H2,(H,24,25,27). The molecule has 0 saturated carbocycles. The van der Waals surface area contributed by atoms with Crippen molar-refractivity contribution in [3.05, 3.63) is 96.6 Å². The molecule has 7 nitrogen and oxygen atoms in total. The molecule has 156 valence electrons. The molecule has 2 aromatic carbocycles. The zero-order valence-electron chi connectivity index (χ0n) is 15.7. The van der Waals surface area contributed by atoms with E-state index in [9.17, 15) is 14.9 Å². The van der Waals surface area contributed by atoms with E-state index in [1.165, 1.54) is 35.6 Å². The van der Waals surface area contributed by atoms with Crippen LogP contribution in [0.25, 0.3) is 11.3 Å². The number of hydrogen-bond donors (Lipinski definition) is 1. The third kappa shape index (κ3) is 5.01. The predicted molar refractivity (Wildman–Crippen MR) is 123 cm³/mol. The Labute approximate surface area is 194 Å². The number of amides is 1. The number of thiazole rings is 1. The first-order valence-corrected chi connectivity index (χ1v) is 10.9. The lowest BCUT2D eigenvalue weighted by molar-refractivity contribution is -0.384. The average molecular weight is 519 g/mol. The highest BCUT2D eigenvalue weighted by Gasteiger charge is 2.17. The molecule has 0 saturated heterocycles. The van der Waals surface area contributed by atoms with Crippen LogP contribution in [0.2, 0.25) is 5.02 Å². The van der Waals surface area contributed by atoms with Gasteiger partial charge in [-0.15, -0.1) is 11.3 Å². The van der Waals surface area contributed by atoms with Gasteiger partial charge in [-0.2, -0.15) is 0 Å². The molecule has 1 amide bonds. The number of nitrogens with zero attached hydrogens (tertiary/aromatic N) is 2. The van der Waals surface area contributed by atoms with Crippen molar-refractivity contribution in [2.45, 2.75) is 6.42 Å². The number of benzene rings is 2. The molecule has 2 heterocycles. The van der Waals surface area contributed by atoms with E-state index in [4.69, 9.17) is 16.0 Å². The summed E-state index contributed by atoms with van der Waals surface area (Å²) in [5, 5.41) is 14.2. The smallest absolute Gasteiger partial charge is 0.293 e. The van der Waals surface area contributed by atoms with Crippen molar-refractivity contribution in [3.63, 3.8) is 0 Å². The van der Waals surface area contributed by atoms with Gasteiger partial charge in [0.05, 0.1) is 9.95 Å². The molecule has 4 rings (SSSR count). The predicted octanol–water partition coefficient (Wildman–Crippen LogP) is 6.57. The Morgan fingerprint density at radius 3 is 2.68 bits per heavy atom. The van der Waals surface area contributed by atoms with Crippen LogP contribution in [0.15, 0.2) is 69.7 Å². The summed E-state index contributed by atoms with van der Waals surface area (Å²) in [6.45, 7) is 0. The van der Waals surface area contributed by atoms with Crippen LogP contribution in [-0.2, 0) is 6.42 Å². The molecule has 0 spiro atoms. The molecule has 0 aliphatic heterocycles. The Morgan fingerprint density at radius 1 is 1.19 bits per heavy atom. The molecule has 0 bridgehead atoms. The lowest BCUT2D eigenvalue weighted by atomic mass is 10.1. The van der Waals surface area contributed by atoms with Crippen LogP contribution in [-0.4, -0.2) is 15.8 Å². The number of nitrogens with one attached hydrogen (secondary N) is 1. The fourth-order valence-electron chi connectivity index (χ4n) is 2.83. The second-order valence-electron chi connectivity index (χ2n) is 6.47. The minimum Gasteiger partial charge on any atom is -0.451 e. The SMILES string of the molecule is O=C(Nc1ncc(Cc2ccc(Br)cc2)s1)c1ccc(-c2ccc([N+](=O)[O-])cc2Cl)o1. The van der Waals surface area contributed by atoms with E-state index in [0.29, 0.717) is 22.9 Å². The monoisotopic (exact) mass is 517 g/mol. The number of carbonyl (C=O) groups excluding carboxylic acids is 1. The van der Waals surface area contributed by atoms with Crippen LogP contribution in [0.1, 0.15) is 21.0 Å². The summed E-state index contributed by atoms with van der Waals surface area (Å²) in [7, 11) is 0. The fraction of sp³-hybridized carbons (Fsp3) is 0.0476. The number of nitro groups is 1. The summed E-state index contributed by atoms with van der Waals surface area (Å²) in [6, 6.07) is 15.1. The minimum atomic E-state index is -0.532. The van der Waals surface area contributed by atoms with Gasteiger partial charge < -0.3 is 4.42 Å². The number of hydrogen-bond acceptors (Lipinski definition) is 6. The van der Waals surface area contributed by atoms with Gasteiger partial charge in [-0.3, -0.25) is 20.2 Å². The number of anilines is 1. The van der Waals surface area contributed by atoms with Crippen molar-refractivity contribution in [2.24, 2.45) is 0 Å². The van der Waals surface area contributed by atoms with Crippen LogP contribution < -0.4 is 5.32 Å². The first-order valence-electron chi connectivity index (χ1n) is 8.94. The van der Waals surface area contributed by atoms with Gasteiger partial charge in [0.15, 0.2) is 10.9 Å². The third-order valence-electron chi connectivity index (χ3n) is 4.32. The fourth-order valence-corrected chi connectivity index (χ4v) is 4.21. The van der Waals surface area contributed by atoms with E-state index < -0.39 is 10.8 Å². The molecule has 1 N–H and O–H groups in total. The number of non-ortho nitro benzene ring substituents is 1. The Balaban J connectivity index is 1.44. The topological polar surface area (TPSA) is 98.3 Å². The van der Waals surface area contributed by atoms with Crippen molar-refractivity contribution in [1.29, 1.82) is 0 Å². The van der Waals surface area contributed by atoms with Crippen LogP contribution in [0.4, 0.5) is 10.8 Å². The number of nitro benzene ring substituents is 1. The van der Waals surface area contributed by atoms with E-state index in [-0.39, 0.29) is 16.5 Å². The Morgan fingerprint density at radius 2 is 1.97 bits per heavy atom. The van der Waals surface area contributed by atoms with E-state index in [1.807, 2.05) is 24.3 Å². The van der Waals surface area contributed by atoms with Crippen LogP contribution >= 0.6 is 38.9 Å². The number of halogens is 2. The summed E-state index contributed by atoms with van der Waals surface area (Å²) in [4.78, 5) is 28.1. The van der Waals surface area contributed by atoms with E-state index in [2.05, 4.69) is 26.2 Å². The Kier molecular flexibility index (Phi) is 6.17. The lowest BCUT2D eigenvalue weighted by Crippen LogP contribution is -2.10. The number of furan rings is 1. The van der Waals surface area contributed by atoms with Gasteiger partial charge >= 0.3 is 0 Å². The molecule has 0 aliphatic rings. The molecule has 2 aromatic heterocycles.